The molecule has 1 rings (SSSR count). The van der Waals surface area contributed by atoms with Gasteiger partial charge >= 0.3 is 0 Å². The van der Waals surface area contributed by atoms with Gasteiger partial charge in [0, 0.05) is 6.20 Å². The summed E-state index contributed by atoms with van der Waals surface area (Å²) in [6.07, 6.45) is 2.00. The molecule has 0 atom stereocenters. The van der Waals surface area contributed by atoms with Crippen LogP contribution in [-0.4, -0.2) is 4.98 Å². The lowest BCUT2D eigenvalue weighted by Crippen LogP contribution is -1.91. The summed E-state index contributed by atoms with van der Waals surface area (Å²) >= 11 is 0. The van der Waals surface area contributed by atoms with Crippen molar-refractivity contribution in [1.29, 1.82) is 0 Å². The predicted octanol–water partition coefficient (Wildman–Crippen LogP) is 2.95. The van der Waals surface area contributed by atoms with Crippen molar-refractivity contribution < 1.29 is 8.78 Å². The van der Waals surface area contributed by atoms with Crippen LogP contribution in [0.3, 0.4) is 0 Å². The predicted molar refractivity (Wildman–Crippen MR) is 44.9 cm³/mol. The first-order valence-electron chi connectivity index (χ1n) is 4.04. The Hall–Kier alpha value is -0.990. The second-order valence-electron chi connectivity index (χ2n) is 1.97. The first-order valence-corrected chi connectivity index (χ1v) is 4.04. The van der Waals surface area contributed by atoms with E-state index in [2.05, 4.69) is 4.98 Å². The number of rotatable bonds is 1. The van der Waals surface area contributed by atoms with Crippen LogP contribution in [0.4, 0.5) is 8.78 Å². The molecule has 0 saturated carbocycles. The third kappa shape index (κ3) is 2.95. The maximum atomic E-state index is 12.3. The molecule has 0 fully saturated rings. The van der Waals surface area contributed by atoms with E-state index >= 15 is 0 Å². The third-order valence-electron chi connectivity index (χ3n) is 1.26. The molecule has 1 aromatic heterocycles. The molecule has 1 heterocycles. The Balaban J connectivity index is 0.000000561. The quantitative estimate of drug-likeness (QED) is 0.595. The zero-order valence-electron chi connectivity index (χ0n) is 7.56. The standard InChI is InChI=1S/C7H7F2N.C2H6/c1-2-5-3-6(8)7(9)10-4-5;1-2/h3-4H,2H2,1H3;1-2H3. The molecule has 0 aliphatic carbocycles. The molecule has 0 unspecified atom stereocenters. The van der Waals surface area contributed by atoms with Gasteiger partial charge in [-0.25, -0.2) is 9.37 Å². The molecular formula is C9H13F2N. The summed E-state index contributed by atoms with van der Waals surface area (Å²) in [7, 11) is 0. The van der Waals surface area contributed by atoms with Gasteiger partial charge in [0.15, 0.2) is 5.82 Å². The topological polar surface area (TPSA) is 12.9 Å². The molecule has 0 spiro atoms. The minimum absolute atomic E-state index is 0.671. The Labute approximate surface area is 71.4 Å². The fraction of sp³-hybridized carbons (Fsp3) is 0.444. The van der Waals surface area contributed by atoms with Crippen molar-refractivity contribution >= 4 is 0 Å². The van der Waals surface area contributed by atoms with Gasteiger partial charge in [-0.05, 0) is 18.1 Å². The Kier molecular flexibility index (Phi) is 5.17. The summed E-state index contributed by atoms with van der Waals surface area (Å²) < 4.78 is 24.5. The van der Waals surface area contributed by atoms with Crippen molar-refractivity contribution in [1.82, 2.24) is 4.98 Å². The lowest BCUT2D eigenvalue weighted by atomic mass is 10.2. The van der Waals surface area contributed by atoms with Crippen molar-refractivity contribution in [2.24, 2.45) is 0 Å². The number of nitrogens with zero attached hydrogens (tertiary/aromatic N) is 1. The van der Waals surface area contributed by atoms with E-state index in [1.165, 1.54) is 6.20 Å². The second kappa shape index (κ2) is 5.63. The zero-order chi connectivity index (χ0) is 9.56. The van der Waals surface area contributed by atoms with E-state index < -0.39 is 11.8 Å². The summed E-state index contributed by atoms with van der Waals surface area (Å²) in [6.45, 7) is 5.86. The third-order valence-corrected chi connectivity index (χ3v) is 1.26. The Bertz CT molecular complexity index is 236. The van der Waals surface area contributed by atoms with Crippen molar-refractivity contribution in [2.75, 3.05) is 0 Å². The zero-order valence-corrected chi connectivity index (χ0v) is 7.56. The molecule has 1 nitrogen and oxygen atoms in total. The highest BCUT2D eigenvalue weighted by Gasteiger charge is 2.01. The van der Waals surface area contributed by atoms with Gasteiger partial charge in [-0.2, -0.15) is 4.39 Å². The largest absolute Gasteiger partial charge is 0.248 e. The number of pyridine rings is 1. The van der Waals surface area contributed by atoms with E-state index in [1.807, 2.05) is 20.8 Å². The van der Waals surface area contributed by atoms with Gasteiger partial charge < -0.3 is 0 Å². The Morgan fingerprint density at radius 2 is 1.92 bits per heavy atom. The number of aryl methyl sites for hydroxylation is 1. The van der Waals surface area contributed by atoms with Crippen LogP contribution in [0.2, 0.25) is 0 Å². The number of halogens is 2. The first kappa shape index (κ1) is 11.0. The van der Waals surface area contributed by atoms with Gasteiger partial charge in [-0.3, -0.25) is 0 Å². The highest BCUT2D eigenvalue weighted by Crippen LogP contribution is 2.04. The van der Waals surface area contributed by atoms with Gasteiger partial charge in [0.2, 0.25) is 5.95 Å². The minimum Gasteiger partial charge on any atom is -0.225 e. The highest BCUT2D eigenvalue weighted by molar-refractivity contribution is 5.10. The maximum Gasteiger partial charge on any atom is 0.248 e. The normalized spacial score (nSPS) is 8.75. The molecule has 0 amide bonds. The molecular weight excluding hydrogens is 160 g/mol. The molecule has 0 radical (unpaired) electrons. The van der Waals surface area contributed by atoms with Crippen molar-refractivity contribution in [3.63, 3.8) is 0 Å². The number of aromatic nitrogens is 1. The fourth-order valence-electron chi connectivity index (χ4n) is 0.654. The average Bonchev–Trinajstić information content (AvgIpc) is 2.13. The average molecular weight is 173 g/mol. The molecule has 0 aliphatic rings. The fourth-order valence-corrected chi connectivity index (χ4v) is 0.654. The van der Waals surface area contributed by atoms with Crippen molar-refractivity contribution in [3.05, 3.63) is 29.6 Å². The van der Waals surface area contributed by atoms with E-state index in [4.69, 9.17) is 0 Å². The molecule has 3 heteroatoms. The van der Waals surface area contributed by atoms with E-state index in [1.54, 1.807) is 0 Å². The molecule has 0 N–H and O–H groups in total. The molecule has 12 heavy (non-hydrogen) atoms. The first-order chi connectivity index (χ1) is 5.74. The maximum absolute atomic E-state index is 12.3. The van der Waals surface area contributed by atoms with Gasteiger partial charge in [-0.1, -0.05) is 20.8 Å². The van der Waals surface area contributed by atoms with Crippen LogP contribution < -0.4 is 0 Å². The second-order valence-corrected chi connectivity index (χ2v) is 1.97. The van der Waals surface area contributed by atoms with Crippen molar-refractivity contribution in [3.8, 4) is 0 Å². The van der Waals surface area contributed by atoms with Crippen LogP contribution in [0, 0.1) is 11.8 Å². The molecule has 0 aromatic carbocycles. The van der Waals surface area contributed by atoms with Crippen LogP contribution in [0.25, 0.3) is 0 Å². The number of hydrogen-bond donors (Lipinski definition) is 0. The monoisotopic (exact) mass is 173 g/mol. The smallest absolute Gasteiger partial charge is 0.225 e. The minimum atomic E-state index is -1.03. The van der Waals surface area contributed by atoms with Crippen molar-refractivity contribution in [2.45, 2.75) is 27.2 Å². The SMILES string of the molecule is CC.CCc1cnc(F)c(F)c1. The van der Waals surface area contributed by atoms with Crippen LogP contribution in [0.5, 0.6) is 0 Å². The van der Waals surface area contributed by atoms with Crippen LogP contribution in [0.15, 0.2) is 12.3 Å². The van der Waals surface area contributed by atoms with Gasteiger partial charge in [0.25, 0.3) is 0 Å². The molecule has 0 aliphatic heterocycles. The summed E-state index contributed by atoms with van der Waals surface area (Å²) in [5.41, 5.74) is 0.707. The van der Waals surface area contributed by atoms with E-state index in [-0.39, 0.29) is 0 Å². The van der Waals surface area contributed by atoms with E-state index in [9.17, 15) is 8.78 Å². The summed E-state index contributed by atoms with van der Waals surface area (Å²) in [4.78, 5) is 3.21. The van der Waals surface area contributed by atoms with Crippen LogP contribution in [0.1, 0.15) is 26.3 Å². The molecule has 1 aromatic rings. The Morgan fingerprint density at radius 1 is 1.33 bits per heavy atom. The van der Waals surface area contributed by atoms with E-state index in [0.29, 0.717) is 12.0 Å². The molecule has 0 saturated heterocycles. The van der Waals surface area contributed by atoms with E-state index in [0.717, 1.165) is 6.07 Å². The summed E-state index contributed by atoms with van der Waals surface area (Å²) in [6, 6.07) is 1.16. The van der Waals surface area contributed by atoms with Gasteiger partial charge in [0.05, 0.1) is 0 Å². The van der Waals surface area contributed by atoms with Crippen LogP contribution in [-0.2, 0) is 6.42 Å². The lowest BCUT2D eigenvalue weighted by Gasteiger charge is -1.94. The van der Waals surface area contributed by atoms with Gasteiger partial charge in [0.1, 0.15) is 0 Å². The summed E-state index contributed by atoms with van der Waals surface area (Å²) in [5, 5.41) is 0. The molecule has 68 valence electrons. The molecule has 0 bridgehead atoms. The highest BCUT2D eigenvalue weighted by atomic mass is 19.2. The van der Waals surface area contributed by atoms with Gasteiger partial charge in [-0.15, -0.1) is 0 Å². The number of hydrogen-bond acceptors (Lipinski definition) is 1. The summed E-state index contributed by atoms with van der Waals surface area (Å²) in [5.74, 6) is -1.91. The lowest BCUT2D eigenvalue weighted by molar-refractivity contribution is 0.477. The Morgan fingerprint density at radius 3 is 2.33 bits per heavy atom. The van der Waals surface area contributed by atoms with Crippen LogP contribution >= 0.6 is 0 Å².